The van der Waals surface area contributed by atoms with Crippen molar-refractivity contribution in [2.45, 2.75) is 6.92 Å². The Bertz CT molecular complexity index is 626. The molecule has 0 amide bonds. The Hall–Kier alpha value is -2.49. The zero-order valence-corrected chi connectivity index (χ0v) is 12.0. The first kappa shape index (κ1) is 13.9. The summed E-state index contributed by atoms with van der Waals surface area (Å²) in [6.07, 6.45) is 3.69. The van der Waals surface area contributed by atoms with Crippen molar-refractivity contribution in [3.8, 4) is 5.75 Å². The minimum atomic E-state index is 0.226. The number of hydrogen-bond donors (Lipinski definition) is 2. The van der Waals surface area contributed by atoms with Gasteiger partial charge in [0.25, 0.3) is 0 Å². The highest BCUT2D eigenvalue weighted by molar-refractivity contribution is 6.11. The first-order chi connectivity index (χ1) is 9.58. The molecule has 0 bridgehead atoms. The molecule has 0 radical (unpaired) electrons. The number of aliphatic imine (C=N–C) groups is 1. The van der Waals surface area contributed by atoms with Gasteiger partial charge in [-0.2, -0.15) is 0 Å². The van der Waals surface area contributed by atoms with E-state index in [0.29, 0.717) is 0 Å². The van der Waals surface area contributed by atoms with Gasteiger partial charge in [-0.3, -0.25) is 0 Å². The molecule has 4 heteroatoms. The zero-order chi connectivity index (χ0) is 14.7. The van der Waals surface area contributed by atoms with Gasteiger partial charge in [-0.25, -0.2) is 4.99 Å². The van der Waals surface area contributed by atoms with Gasteiger partial charge in [0.1, 0.15) is 5.75 Å². The lowest BCUT2D eigenvalue weighted by atomic mass is 10.1. The van der Waals surface area contributed by atoms with E-state index in [0.717, 1.165) is 28.5 Å². The summed E-state index contributed by atoms with van der Waals surface area (Å²) in [5.41, 5.74) is 3.34. The van der Waals surface area contributed by atoms with E-state index in [9.17, 15) is 5.11 Å². The number of allylic oxidation sites excluding steroid dienone is 3. The molecule has 0 fully saturated rings. The van der Waals surface area contributed by atoms with Gasteiger partial charge in [0, 0.05) is 25.4 Å². The normalized spacial score (nSPS) is 17.2. The molecule has 0 unspecified atom stereocenters. The van der Waals surface area contributed by atoms with E-state index in [1.165, 1.54) is 0 Å². The van der Waals surface area contributed by atoms with Crippen LogP contribution in [0.2, 0.25) is 0 Å². The van der Waals surface area contributed by atoms with Gasteiger partial charge in [-0.1, -0.05) is 18.7 Å². The van der Waals surface area contributed by atoms with Crippen molar-refractivity contribution < 1.29 is 5.11 Å². The fraction of sp³-hybridized carbons (Fsp3) is 0.188. The van der Waals surface area contributed by atoms with E-state index in [2.05, 4.69) is 16.9 Å². The maximum Gasteiger partial charge on any atom is 0.156 e. The topological polar surface area (TPSA) is 47.9 Å². The molecule has 1 aliphatic heterocycles. The Labute approximate surface area is 119 Å². The molecule has 0 saturated heterocycles. The number of benzene rings is 1. The molecule has 1 aliphatic rings. The summed E-state index contributed by atoms with van der Waals surface area (Å²) in [5, 5.41) is 13.1. The maximum atomic E-state index is 9.98. The minimum Gasteiger partial charge on any atom is -0.507 e. The van der Waals surface area contributed by atoms with Crippen LogP contribution in [0.3, 0.4) is 0 Å². The molecular formula is C16H19N3O. The lowest BCUT2D eigenvalue weighted by Crippen LogP contribution is -2.24. The van der Waals surface area contributed by atoms with Gasteiger partial charge in [-0.05, 0) is 31.2 Å². The van der Waals surface area contributed by atoms with Crippen molar-refractivity contribution in [1.29, 1.82) is 0 Å². The van der Waals surface area contributed by atoms with Crippen LogP contribution in [0.4, 0.5) is 0 Å². The van der Waals surface area contributed by atoms with E-state index >= 15 is 0 Å². The van der Waals surface area contributed by atoms with Crippen LogP contribution in [0, 0.1) is 0 Å². The highest BCUT2D eigenvalue weighted by Crippen LogP contribution is 2.25. The smallest absolute Gasteiger partial charge is 0.156 e. The SMILES string of the molecule is C=C/C(NC)=C1/N=C(c2ccccc2O)C=C(C)N1C. The first-order valence-electron chi connectivity index (χ1n) is 6.42. The highest BCUT2D eigenvalue weighted by atomic mass is 16.3. The predicted octanol–water partition coefficient (Wildman–Crippen LogP) is 2.61. The number of likely N-dealkylation sites (N-methyl/N-ethyl adjacent to an activating group) is 1. The van der Waals surface area contributed by atoms with E-state index in [1.54, 1.807) is 18.2 Å². The summed E-state index contributed by atoms with van der Waals surface area (Å²) in [4.78, 5) is 6.62. The lowest BCUT2D eigenvalue weighted by molar-refractivity contribution is 0.473. The van der Waals surface area contributed by atoms with Gasteiger partial charge >= 0.3 is 0 Å². The fourth-order valence-corrected chi connectivity index (χ4v) is 2.06. The van der Waals surface area contributed by atoms with Crippen LogP contribution in [-0.2, 0) is 0 Å². The van der Waals surface area contributed by atoms with Crippen molar-refractivity contribution >= 4 is 5.71 Å². The lowest BCUT2D eigenvalue weighted by Gasteiger charge is -2.27. The standard InChI is InChI=1S/C16H19N3O/c1-5-13(17-3)16-18-14(10-11(2)19(16)4)12-8-6-7-9-15(12)20/h5-10,17,20H,1H2,2-4H3/b16-13+. The molecule has 1 heterocycles. The Morgan fingerprint density at radius 3 is 2.70 bits per heavy atom. The van der Waals surface area contributed by atoms with Crippen molar-refractivity contribution in [2.75, 3.05) is 14.1 Å². The van der Waals surface area contributed by atoms with Crippen molar-refractivity contribution in [3.63, 3.8) is 0 Å². The predicted molar refractivity (Wildman–Crippen MR) is 82.4 cm³/mol. The average Bonchev–Trinajstić information content (AvgIpc) is 2.45. The summed E-state index contributed by atoms with van der Waals surface area (Å²) < 4.78 is 0. The minimum absolute atomic E-state index is 0.226. The number of rotatable bonds is 3. The Morgan fingerprint density at radius 1 is 1.40 bits per heavy atom. The Morgan fingerprint density at radius 2 is 2.10 bits per heavy atom. The molecule has 1 aromatic carbocycles. The summed E-state index contributed by atoms with van der Waals surface area (Å²) in [6, 6.07) is 7.20. The maximum absolute atomic E-state index is 9.98. The molecule has 0 atom stereocenters. The molecule has 1 aromatic rings. The number of phenolic OH excluding ortho intramolecular Hbond substituents is 1. The fourth-order valence-electron chi connectivity index (χ4n) is 2.06. The van der Waals surface area contributed by atoms with Crippen LogP contribution < -0.4 is 5.32 Å². The third-order valence-corrected chi connectivity index (χ3v) is 3.31. The molecule has 104 valence electrons. The molecule has 0 aromatic heterocycles. The summed E-state index contributed by atoms with van der Waals surface area (Å²) in [7, 11) is 3.79. The Balaban J connectivity index is 2.60. The largest absolute Gasteiger partial charge is 0.507 e. The van der Waals surface area contributed by atoms with E-state index in [-0.39, 0.29) is 5.75 Å². The Kier molecular flexibility index (Phi) is 3.94. The molecule has 4 nitrogen and oxygen atoms in total. The first-order valence-corrected chi connectivity index (χ1v) is 6.42. The molecule has 2 rings (SSSR count). The van der Waals surface area contributed by atoms with E-state index in [1.807, 2.05) is 44.1 Å². The summed E-state index contributed by atoms with van der Waals surface area (Å²) in [5.74, 6) is 1.00. The molecule has 0 spiro atoms. The number of nitrogens with zero attached hydrogens (tertiary/aromatic N) is 2. The summed E-state index contributed by atoms with van der Waals surface area (Å²) in [6.45, 7) is 5.80. The van der Waals surface area contributed by atoms with Gasteiger partial charge in [0.15, 0.2) is 5.82 Å². The van der Waals surface area contributed by atoms with Crippen LogP contribution in [0.1, 0.15) is 12.5 Å². The van der Waals surface area contributed by atoms with Crippen LogP contribution in [0.25, 0.3) is 0 Å². The van der Waals surface area contributed by atoms with Crippen molar-refractivity contribution in [1.82, 2.24) is 10.2 Å². The highest BCUT2D eigenvalue weighted by Gasteiger charge is 2.18. The van der Waals surface area contributed by atoms with Crippen LogP contribution in [0.15, 0.2) is 65.2 Å². The van der Waals surface area contributed by atoms with Gasteiger partial charge in [0.2, 0.25) is 0 Å². The van der Waals surface area contributed by atoms with E-state index in [4.69, 9.17) is 0 Å². The van der Waals surface area contributed by atoms with Crippen molar-refractivity contribution in [3.05, 3.63) is 65.8 Å². The molecule has 2 N–H and O–H groups in total. The molecular weight excluding hydrogens is 250 g/mol. The number of phenols is 1. The average molecular weight is 269 g/mol. The third-order valence-electron chi connectivity index (χ3n) is 3.31. The number of nitrogens with one attached hydrogen (secondary N) is 1. The number of hydrogen-bond acceptors (Lipinski definition) is 4. The third kappa shape index (κ3) is 2.45. The van der Waals surface area contributed by atoms with Crippen LogP contribution >= 0.6 is 0 Å². The van der Waals surface area contributed by atoms with Gasteiger partial charge in [0.05, 0.1) is 11.4 Å². The number of aromatic hydroxyl groups is 1. The van der Waals surface area contributed by atoms with Crippen LogP contribution in [-0.4, -0.2) is 29.8 Å². The molecule has 0 aliphatic carbocycles. The second-order valence-corrected chi connectivity index (χ2v) is 4.55. The van der Waals surface area contributed by atoms with Crippen molar-refractivity contribution in [2.24, 2.45) is 4.99 Å². The van der Waals surface area contributed by atoms with E-state index < -0.39 is 0 Å². The van der Waals surface area contributed by atoms with Crippen LogP contribution in [0.5, 0.6) is 5.75 Å². The van der Waals surface area contributed by atoms with Gasteiger partial charge < -0.3 is 15.3 Å². The number of para-hydroxylation sites is 1. The summed E-state index contributed by atoms with van der Waals surface area (Å²) >= 11 is 0. The second-order valence-electron chi connectivity index (χ2n) is 4.55. The molecule has 20 heavy (non-hydrogen) atoms. The monoisotopic (exact) mass is 269 g/mol. The quantitative estimate of drug-likeness (QED) is 0.886. The second kappa shape index (κ2) is 5.65. The molecule has 0 saturated carbocycles. The zero-order valence-electron chi connectivity index (χ0n) is 12.0. The van der Waals surface area contributed by atoms with Gasteiger partial charge in [-0.15, -0.1) is 0 Å².